The highest BCUT2D eigenvalue weighted by Gasteiger charge is 2.07. The van der Waals surface area contributed by atoms with Gasteiger partial charge in [0, 0.05) is 18.3 Å². The molecule has 0 atom stereocenters. The predicted octanol–water partition coefficient (Wildman–Crippen LogP) is 1.37. The van der Waals surface area contributed by atoms with E-state index in [2.05, 4.69) is 15.6 Å². The average Bonchev–Trinajstić information content (AvgIpc) is 2.76. The summed E-state index contributed by atoms with van der Waals surface area (Å²) in [6.45, 7) is 0.643. The third kappa shape index (κ3) is 3.47. The quantitative estimate of drug-likeness (QED) is 0.856. The number of nitrogens with zero attached hydrogens (tertiary/aromatic N) is 3. The van der Waals surface area contributed by atoms with Crippen molar-refractivity contribution in [1.82, 2.24) is 15.0 Å². The lowest BCUT2D eigenvalue weighted by Crippen LogP contribution is -2.11. The molecule has 0 amide bonds. The van der Waals surface area contributed by atoms with Crippen molar-refractivity contribution in [3.05, 3.63) is 41.7 Å². The van der Waals surface area contributed by atoms with Crippen LogP contribution in [0, 0.1) is 11.6 Å². The summed E-state index contributed by atoms with van der Waals surface area (Å²) in [6.07, 6.45) is 1.27. The van der Waals surface area contributed by atoms with Crippen LogP contribution < -0.4 is 5.32 Å². The fourth-order valence-electron chi connectivity index (χ4n) is 1.48. The van der Waals surface area contributed by atoms with Crippen LogP contribution in [-0.4, -0.2) is 32.6 Å². The molecule has 0 fully saturated rings. The van der Waals surface area contributed by atoms with Crippen LogP contribution in [0.1, 0.15) is 10.5 Å². The molecule has 0 saturated heterocycles. The highest BCUT2D eigenvalue weighted by atomic mass is 19.1. The molecule has 19 heavy (non-hydrogen) atoms. The van der Waals surface area contributed by atoms with Gasteiger partial charge < -0.3 is 10.4 Å². The second kappa shape index (κ2) is 5.42. The second-order valence-electron chi connectivity index (χ2n) is 3.76. The van der Waals surface area contributed by atoms with Crippen molar-refractivity contribution in [3.8, 4) is 0 Å². The first kappa shape index (κ1) is 12.9. The van der Waals surface area contributed by atoms with Gasteiger partial charge in [-0.3, -0.25) is 0 Å². The van der Waals surface area contributed by atoms with Crippen LogP contribution in [0.15, 0.2) is 24.4 Å². The Balaban J connectivity index is 1.90. The molecule has 100 valence electrons. The highest BCUT2D eigenvalue weighted by Crippen LogP contribution is 2.12. The van der Waals surface area contributed by atoms with Crippen molar-refractivity contribution < 1.29 is 18.7 Å². The van der Waals surface area contributed by atoms with Gasteiger partial charge in [0.1, 0.15) is 11.6 Å². The van der Waals surface area contributed by atoms with Crippen LogP contribution in [0.3, 0.4) is 0 Å². The molecule has 1 aromatic carbocycles. The van der Waals surface area contributed by atoms with Crippen LogP contribution in [0.2, 0.25) is 0 Å². The minimum absolute atomic E-state index is 0.156. The molecule has 2 aromatic rings. The zero-order valence-corrected chi connectivity index (χ0v) is 9.68. The van der Waals surface area contributed by atoms with Gasteiger partial charge in [-0.15, -0.1) is 5.10 Å². The Bertz CT molecular complexity index is 580. The predicted molar refractivity (Wildman–Crippen MR) is 61.8 cm³/mol. The van der Waals surface area contributed by atoms with Crippen molar-refractivity contribution in [2.24, 2.45) is 0 Å². The summed E-state index contributed by atoms with van der Waals surface area (Å²) in [7, 11) is 0. The minimum atomic E-state index is -1.16. The maximum atomic E-state index is 12.9. The zero-order valence-electron chi connectivity index (χ0n) is 9.68. The Morgan fingerprint density at radius 3 is 2.58 bits per heavy atom. The van der Waals surface area contributed by atoms with E-state index in [0.717, 1.165) is 18.2 Å². The minimum Gasteiger partial charge on any atom is -0.476 e. The zero-order chi connectivity index (χ0) is 13.8. The van der Waals surface area contributed by atoms with Gasteiger partial charge in [-0.05, 0) is 12.1 Å². The van der Waals surface area contributed by atoms with Crippen LogP contribution >= 0.6 is 0 Å². The molecular weight excluding hydrogens is 258 g/mol. The summed E-state index contributed by atoms with van der Waals surface area (Å²) in [5.41, 5.74) is 0.146. The van der Waals surface area contributed by atoms with Crippen LogP contribution in [0.4, 0.5) is 14.5 Å². The number of carboxylic acids is 1. The second-order valence-corrected chi connectivity index (χ2v) is 3.76. The molecule has 0 saturated carbocycles. The Kier molecular flexibility index (Phi) is 3.69. The number of carboxylic acid groups (broad SMARTS) is 1. The van der Waals surface area contributed by atoms with E-state index in [4.69, 9.17) is 5.11 Å². The molecule has 8 heteroatoms. The number of carbonyl (C=O) groups is 1. The standard InChI is InChI=1S/C11H10F2N4O2/c12-7-3-8(13)5-9(4-7)14-1-2-17-6-10(11(18)19)15-16-17/h3-6,14H,1-2H2,(H,18,19). The fraction of sp³-hybridized carbons (Fsp3) is 0.182. The summed E-state index contributed by atoms with van der Waals surface area (Å²) in [5.74, 6) is -2.50. The molecule has 0 radical (unpaired) electrons. The highest BCUT2D eigenvalue weighted by molar-refractivity contribution is 5.84. The van der Waals surface area contributed by atoms with E-state index < -0.39 is 17.6 Å². The van der Waals surface area contributed by atoms with Gasteiger partial charge in [0.25, 0.3) is 0 Å². The number of nitrogens with one attached hydrogen (secondary N) is 1. The van der Waals surface area contributed by atoms with E-state index in [1.807, 2.05) is 0 Å². The first-order chi connectivity index (χ1) is 9.04. The van der Waals surface area contributed by atoms with E-state index in [-0.39, 0.29) is 5.69 Å². The third-order valence-corrected chi connectivity index (χ3v) is 2.29. The van der Waals surface area contributed by atoms with E-state index >= 15 is 0 Å². The number of aromatic nitrogens is 3. The maximum absolute atomic E-state index is 12.9. The number of anilines is 1. The summed E-state index contributed by atoms with van der Waals surface area (Å²) >= 11 is 0. The van der Waals surface area contributed by atoms with E-state index in [0.29, 0.717) is 18.8 Å². The molecule has 1 aromatic heterocycles. The molecular formula is C11H10F2N4O2. The van der Waals surface area contributed by atoms with Crippen LogP contribution in [-0.2, 0) is 6.54 Å². The van der Waals surface area contributed by atoms with Gasteiger partial charge in [0.05, 0.1) is 12.7 Å². The topological polar surface area (TPSA) is 80.0 Å². The van der Waals surface area contributed by atoms with Gasteiger partial charge >= 0.3 is 5.97 Å². The van der Waals surface area contributed by atoms with E-state index in [1.165, 1.54) is 10.9 Å². The first-order valence-corrected chi connectivity index (χ1v) is 5.38. The van der Waals surface area contributed by atoms with Crippen molar-refractivity contribution in [1.29, 1.82) is 0 Å². The molecule has 0 aliphatic rings. The lowest BCUT2D eigenvalue weighted by molar-refractivity contribution is 0.0690. The lowest BCUT2D eigenvalue weighted by Gasteiger charge is -2.06. The average molecular weight is 268 g/mol. The SMILES string of the molecule is O=C(O)c1cn(CCNc2cc(F)cc(F)c2)nn1. The van der Waals surface area contributed by atoms with Crippen molar-refractivity contribution in [3.63, 3.8) is 0 Å². The number of hydrogen-bond acceptors (Lipinski definition) is 4. The van der Waals surface area contributed by atoms with Gasteiger partial charge in [-0.25, -0.2) is 18.3 Å². The van der Waals surface area contributed by atoms with Crippen molar-refractivity contribution in [2.45, 2.75) is 6.54 Å². The molecule has 2 rings (SSSR count). The molecule has 0 spiro atoms. The fourth-order valence-corrected chi connectivity index (χ4v) is 1.48. The number of aromatic carboxylic acids is 1. The monoisotopic (exact) mass is 268 g/mol. The number of hydrogen-bond donors (Lipinski definition) is 2. The lowest BCUT2D eigenvalue weighted by atomic mass is 10.3. The van der Waals surface area contributed by atoms with Gasteiger partial charge in [-0.2, -0.15) is 0 Å². The Labute approximate surface area is 106 Å². The van der Waals surface area contributed by atoms with Gasteiger partial charge in [0.2, 0.25) is 0 Å². The molecule has 0 aliphatic carbocycles. The molecule has 0 unspecified atom stereocenters. The molecule has 2 N–H and O–H groups in total. The normalized spacial score (nSPS) is 10.4. The number of rotatable bonds is 5. The summed E-state index contributed by atoms with van der Waals surface area (Å²) in [5, 5.41) is 18.5. The number of benzene rings is 1. The molecule has 6 nitrogen and oxygen atoms in total. The molecule has 1 heterocycles. The maximum Gasteiger partial charge on any atom is 0.358 e. The summed E-state index contributed by atoms with van der Waals surface area (Å²) in [4.78, 5) is 10.6. The van der Waals surface area contributed by atoms with E-state index in [1.54, 1.807) is 0 Å². The third-order valence-electron chi connectivity index (χ3n) is 2.29. The number of halogens is 2. The van der Waals surface area contributed by atoms with Gasteiger partial charge in [0.15, 0.2) is 5.69 Å². The smallest absolute Gasteiger partial charge is 0.358 e. The molecule has 0 bridgehead atoms. The largest absolute Gasteiger partial charge is 0.476 e. The van der Waals surface area contributed by atoms with Crippen molar-refractivity contribution >= 4 is 11.7 Å². The van der Waals surface area contributed by atoms with Crippen molar-refractivity contribution in [2.75, 3.05) is 11.9 Å². The summed E-state index contributed by atoms with van der Waals surface area (Å²) in [6, 6.07) is 3.10. The van der Waals surface area contributed by atoms with Crippen LogP contribution in [0.5, 0.6) is 0 Å². The molecule has 0 aliphatic heterocycles. The van der Waals surface area contributed by atoms with Gasteiger partial charge in [-0.1, -0.05) is 5.21 Å². The summed E-state index contributed by atoms with van der Waals surface area (Å²) < 4.78 is 27.1. The first-order valence-electron chi connectivity index (χ1n) is 5.38. The van der Waals surface area contributed by atoms with Crippen LogP contribution in [0.25, 0.3) is 0 Å². The Hall–Kier alpha value is -2.51. The Morgan fingerprint density at radius 2 is 2.00 bits per heavy atom. The Morgan fingerprint density at radius 1 is 1.32 bits per heavy atom. The van der Waals surface area contributed by atoms with E-state index in [9.17, 15) is 13.6 Å².